The first-order chi connectivity index (χ1) is 9.20. The molecule has 1 aromatic heterocycles. The molecule has 5 heteroatoms. The lowest BCUT2D eigenvalue weighted by atomic mass is 10.2. The summed E-state index contributed by atoms with van der Waals surface area (Å²) in [5.41, 5.74) is 1.59. The molecule has 98 valence electrons. The van der Waals surface area contributed by atoms with Crippen molar-refractivity contribution < 1.29 is 5.11 Å². The minimum Gasteiger partial charge on any atom is -0.508 e. The fourth-order valence-corrected chi connectivity index (χ4v) is 1.87. The molecule has 3 rings (SSSR count). The van der Waals surface area contributed by atoms with Gasteiger partial charge in [-0.3, -0.25) is 4.79 Å². The lowest BCUT2D eigenvalue weighted by Crippen LogP contribution is -2.23. The summed E-state index contributed by atoms with van der Waals surface area (Å²) in [4.78, 5) is 11.9. The number of aromatic hydroxyl groups is 1. The van der Waals surface area contributed by atoms with E-state index in [1.165, 1.54) is 4.68 Å². The summed E-state index contributed by atoms with van der Waals surface area (Å²) in [6.45, 7) is 0.406. The van der Waals surface area contributed by atoms with Crippen molar-refractivity contribution in [1.29, 1.82) is 0 Å². The summed E-state index contributed by atoms with van der Waals surface area (Å²) < 4.78 is 1.41. The van der Waals surface area contributed by atoms with Gasteiger partial charge in [-0.1, -0.05) is 12.1 Å². The molecule has 1 saturated carbocycles. The second-order valence-corrected chi connectivity index (χ2v) is 4.83. The van der Waals surface area contributed by atoms with Crippen LogP contribution in [0, 0.1) is 0 Å². The van der Waals surface area contributed by atoms with E-state index in [9.17, 15) is 9.90 Å². The summed E-state index contributed by atoms with van der Waals surface area (Å²) >= 11 is 0. The van der Waals surface area contributed by atoms with Crippen molar-refractivity contribution in [3.05, 3.63) is 52.4 Å². The fourth-order valence-electron chi connectivity index (χ4n) is 1.87. The number of hydrogen-bond donors (Lipinski definition) is 2. The number of benzene rings is 1. The van der Waals surface area contributed by atoms with Crippen LogP contribution in [0.4, 0.5) is 5.69 Å². The Bertz CT molecular complexity index is 630. The van der Waals surface area contributed by atoms with Crippen LogP contribution >= 0.6 is 0 Å². The molecule has 2 N–H and O–H groups in total. The first-order valence-corrected chi connectivity index (χ1v) is 6.32. The highest BCUT2D eigenvalue weighted by atomic mass is 16.3. The highest BCUT2D eigenvalue weighted by Crippen LogP contribution is 2.23. The molecule has 1 aliphatic carbocycles. The van der Waals surface area contributed by atoms with Crippen molar-refractivity contribution >= 4 is 5.69 Å². The highest BCUT2D eigenvalue weighted by molar-refractivity contribution is 5.41. The smallest absolute Gasteiger partial charge is 0.269 e. The van der Waals surface area contributed by atoms with Gasteiger partial charge in [0.05, 0.1) is 18.4 Å². The number of hydrogen-bond acceptors (Lipinski definition) is 4. The first-order valence-electron chi connectivity index (χ1n) is 6.32. The lowest BCUT2D eigenvalue weighted by Gasteiger charge is -2.07. The molecule has 1 fully saturated rings. The monoisotopic (exact) mass is 257 g/mol. The highest BCUT2D eigenvalue weighted by Gasteiger charge is 2.21. The molecule has 0 atom stereocenters. The molecule has 2 aromatic rings. The number of aromatic nitrogens is 2. The second kappa shape index (κ2) is 4.76. The third-order valence-corrected chi connectivity index (χ3v) is 3.09. The number of nitrogens with one attached hydrogen (secondary N) is 1. The number of nitrogens with zero attached hydrogens (tertiary/aromatic N) is 2. The van der Waals surface area contributed by atoms with Gasteiger partial charge in [-0.25, -0.2) is 4.68 Å². The molecule has 1 aromatic carbocycles. The Morgan fingerprint density at radius 2 is 2.05 bits per heavy atom. The first kappa shape index (κ1) is 11.8. The van der Waals surface area contributed by atoms with E-state index in [1.54, 1.807) is 36.5 Å². The van der Waals surface area contributed by atoms with Crippen LogP contribution in [0.5, 0.6) is 5.75 Å². The maximum atomic E-state index is 11.9. The third-order valence-electron chi connectivity index (χ3n) is 3.09. The molecule has 0 spiro atoms. The van der Waals surface area contributed by atoms with Gasteiger partial charge < -0.3 is 10.4 Å². The molecule has 0 bridgehead atoms. The Balaban J connectivity index is 1.76. The van der Waals surface area contributed by atoms with E-state index >= 15 is 0 Å². The van der Waals surface area contributed by atoms with Crippen LogP contribution in [0.15, 0.2) is 41.3 Å². The number of rotatable bonds is 4. The Morgan fingerprint density at radius 1 is 1.32 bits per heavy atom. The SMILES string of the molecule is O=c1cc(NC2CC2)cnn1Cc1ccc(O)cc1. The number of anilines is 1. The van der Waals surface area contributed by atoms with Crippen molar-refractivity contribution in [1.82, 2.24) is 9.78 Å². The Morgan fingerprint density at radius 3 is 2.68 bits per heavy atom. The zero-order chi connectivity index (χ0) is 13.2. The van der Waals surface area contributed by atoms with Gasteiger partial charge in [-0.2, -0.15) is 5.10 Å². The molecule has 0 amide bonds. The molecule has 1 heterocycles. The average molecular weight is 257 g/mol. The summed E-state index contributed by atoms with van der Waals surface area (Å²) in [6.07, 6.45) is 4.01. The molecular formula is C14H15N3O2. The zero-order valence-electron chi connectivity index (χ0n) is 10.4. The van der Waals surface area contributed by atoms with Crippen molar-refractivity contribution in [2.75, 3.05) is 5.32 Å². The number of phenols is 1. The quantitative estimate of drug-likeness (QED) is 0.872. The number of phenolic OH excluding ortho intramolecular Hbond substituents is 1. The zero-order valence-corrected chi connectivity index (χ0v) is 10.4. The Labute approximate surface area is 110 Å². The summed E-state index contributed by atoms with van der Waals surface area (Å²) in [5, 5.41) is 16.6. The lowest BCUT2D eigenvalue weighted by molar-refractivity contribution is 0.475. The molecule has 19 heavy (non-hydrogen) atoms. The van der Waals surface area contributed by atoms with Crippen LogP contribution < -0.4 is 10.9 Å². The largest absolute Gasteiger partial charge is 0.508 e. The minimum absolute atomic E-state index is 0.126. The van der Waals surface area contributed by atoms with E-state index in [4.69, 9.17) is 0 Å². The van der Waals surface area contributed by atoms with E-state index in [-0.39, 0.29) is 11.3 Å². The third kappa shape index (κ3) is 2.93. The molecule has 0 aliphatic heterocycles. The van der Waals surface area contributed by atoms with Crippen molar-refractivity contribution in [3.8, 4) is 5.75 Å². The van der Waals surface area contributed by atoms with E-state index < -0.39 is 0 Å². The van der Waals surface area contributed by atoms with E-state index in [0.29, 0.717) is 12.6 Å². The second-order valence-electron chi connectivity index (χ2n) is 4.83. The van der Waals surface area contributed by atoms with Crippen LogP contribution in [-0.2, 0) is 6.54 Å². The topological polar surface area (TPSA) is 67.2 Å². The van der Waals surface area contributed by atoms with Gasteiger partial charge >= 0.3 is 0 Å². The van der Waals surface area contributed by atoms with Gasteiger partial charge in [0.1, 0.15) is 5.75 Å². The molecule has 1 aliphatic rings. The maximum Gasteiger partial charge on any atom is 0.269 e. The van der Waals surface area contributed by atoms with E-state index in [1.807, 2.05) is 0 Å². The summed E-state index contributed by atoms with van der Waals surface area (Å²) in [5.74, 6) is 0.216. The van der Waals surface area contributed by atoms with Crippen molar-refractivity contribution in [3.63, 3.8) is 0 Å². The van der Waals surface area contributed by atoms with Crippen LogP contribution in [0.2, 0.25) is 0 Å². The van der Waals surface area contributed by atoms with Gasteiger partial charge in [0.2, 0.25) is 0 Å². The normalized spacial score (nSPS) is 14.3. The predicted molar refractivity (Wildman–Crippen MR) is 72.4 cm³/mol. The van der Waals surface area contributed by atoms with Crippen molar-refractivity contribution in [2.45, 2.75) is 25.4 Å². The van der Waals surface area contributed by atoms with Crippen LogP contribution in [0.25, 0.3) is 0 Å². The predicted octanol–water partition coefficient (Wildman–Crippen LogP) is 1.57. The molecule has 5 nitrogen and oxygen atoms in total. The Kier molecular flexibility index (Phi) is 2.95. The Hall–Kier alpha value is -2.30. The minimum atomic E-state index is -0.126. The van der Waals surface area contributed by atoms with Crippen LogP contribution in [0.1, 0.15) is 18.4 Å². The standard InChI is InChI=1S/C14H15N3O2/c18-13-5-1-10(2-6-13)9-17-14(19)7-12(8-15-17)16-11-3-4-11/h1-2,5-8,11,16,18H,3-4,9H2. The maximum absolute atomic E-state index is 11.9. The van der Waals surface area contributed by atoms with E-state index in [2.05, 4.69) is 10.4 Å². The molecule has 0 unspecified atom stereocenters. The van der Waals surface area contributed by atoms with E-state index in [0.717, 1.165) is 24.1 Å². The summed E-state index contributed by atoms with van der Waals surface area (Å²) in [7, 11) is 0. The van der Waals surface area contributed by atoms with Crippen LogP contribution in [-0.4, -0.2) is 20.9 Å². The van der Waals surface area contributed by atoms with Gasteiger partial charge in [0.15, 0.2) is 0 Å². The van der Waals surface area contributed by atoms with Gasteiger partial charge in [-0.15, -0.1) is 0 Å². The molecule has 0 saturated heterocycles. The average Bonchev–Trinajstić information content (AvgIpc) is 3.19. The fraction of sp³-hybridized carbons (Fsp3) is 0.286. The van der Waals surface area contributed by atoms with Gasteiger partial charge in [0, 0.05) is 12.1 Å². The van der Waals surface area contributed by atoms with Gasteiger partial charge in [0.25, 0.3) is 5.56 Å². The molecular weight excluding hydrogens is 242 g/mol. The van der Waals surface area contributed by atoms with Crippen LogP contribution in [0.3, 0.4) is 0 Å². The van der Waals surface area contributed by atoms with Crippen molar-refractivity contribution in [2.24, 2.45) is 0 Å². The summed E-state index contributed by atoms with van der Waals surface area (Å²) in [6, 6.07) is 8.84. The molecule has 0 radical (unpaired) electrons. The van der Waals surface area contributed by atoms with Gasteiger partial charge in [-0.05, 0) is 30.5 Å².